The highest BCUT2D eigenvalue weighted by Crippen LogP contribution is 2.12. The maximum Gasteiger partial charge on any atom is 0.220 e. The summed E-state index contributed by atoms with van der Waals surface area (Å²) < 4.78 is 1.82. The average Bonchev–Trinajstić information content (AvgIpc) is 3.18. The van der Waals surface area contributed by atoms with Gasteiger partial charge in [-0.3, -0.25) is 9.59 Å². The molecule has 0 radical (unpaired) electrons. The van der Waals surface area contributed by atoms with Crippen LogP contribution in [0.1, 0.15) is 39.9 Å². The molecule has 0 aliphatic rings. The number of aryl methyl sites for hydroxylation is 2. The molecule has 0 atom stereocenters. The predicted molar refractivity (Wildman–Crippen MR) is 110 cm³/mol. The molecule has 3 rings (SSSR count). The largest absolute Gasteiger partial charge is 0.356 e. The Labute approximate surface area is 165 Å². The van der Waals surface area contributed by atoms with Crippen molar-refractivity contribution in [1.29, 1.82) is 0 Å². The molecule has 5 heteroatoms. The highest BCUT2D eigenvalue weighted by molar-refractivity contribution is 5.98. The smallest absolute Gasteiger partial charge is 0.220 e. The molecule has 1 aromatic heterocycles. The van der Waals surface area contributed by atoms with Crippen molar-refractivity contribution >= 4 is 11.7 Å². The summed E-state index contributed by atoms with van der Waals surface area (Å²) in [7, 11) is 0. The number of hydrogen-bond donors (Lipinski definition) is 1. The van der Waals surface area contributed by atoms with Crippen LogP contribution in [0, 0.1) is 13.8 Å². The van der Waals surface area contributed by atoms with Crippen LogP contribution in [-0.4, -0.2) is 28.0 Å². The summed E-state index contributed by atoms with van der Waals surface area (Å²) in [4.78, 5) is 24.3. The quantitative estimate of drug-likeness (QED) is 0.609. The van der Waals surface area contributed by atoms with E-state index in [4.69, 9.17) is 0 Å². The summed E-state index contributed by atoms with van der Waals surface area (Å²) in [5, 5.41) is 7.23. The number of Topliss-reactive ketones (excluding diaryl/α,β-unsaturated/α-hetero) is 1. The van der Waals surface area contributed by atoms with Crippen LogP contribution in [0.4, 0.5) is 0 Å². The Morgan fingerprint density at radius 1 is 1.00 bits per heavy atom. The van der Waals surface area contributed by atoms with E-state index in [1.165, 1.54) is 0 Å². The number of hydrogen-bond acceptors (Lipinski definition) is 3. The number of aromatic nitrogens is 2. The fourth-order valence-electron chi connectivity index (χ4n) is 2.93. The number of carbonyl (C=O) groups is 2. The van der Waals surface area contributed by atoms with E-state index in [0.29, 0.717) is 18.5 Å². The summed E-state index contributed by atoms with van der Waals surface area (Å²) in [6.07, 6.45) is 4.89. The first-order valence-electron chi connectivity index (χ1n) is 9.49. The predicted octanol–water partition coefficient (Wildman–Crippen LogP) is 3.81. The molecule has 2 aromatic carbocycles. The standard InChI is InChI=1S/C23H25N3O2/c1-17-8-9-20(14-18(17)2)22(27)10-11-23(28)24-13-12-19-15-25-26(16-19)21-6-4-3-5-7-21/h3-9,14-16H,10-13H2,1-2H3,(H,24,28). The van der Waals surface area contributed by atoms with Gasteiger partial charge in [0.25, 0.3) is 0 Å². The lowest BCUT2D eigenvalue weighted by atomic mass is 10.0. The second-order valence-electron chi connectivity index (χ2n) is 6.95. The van der Waals surface area contributed by atoms with Gasteiger partial charge in [-0.15, -0.1) is 0 Å². The van der Waals surface area contributed by atoms with Crippen LogP contribution in [0.15, 0.2) is 60.9 Å². The van der Waals surface area contributed by atoms with E-state index in [1.54, 1.807) is 0 Å². The Morgan fingerprint density at radius 3 is 2.54 bits per heavy atom. The molecule has 144 valence electrons. The third-order valence-electron chi connectivity index (χ3n) is 4.80. The minimum atomic E-state index is -0.104. The van der Waals surface area contributed by atoms with E-state index in [2.05, 4.69) is 10.4 Å². The SMILES string of the molecule is Cc1ccc(C(=O)CCC(=O)NCCc2cnn(-c3ccccc3)c2)cc1C. The van der Waals surface area contributed by atoms with Gasteiger partial charge in [-0.1, -0.05) is 30.3 Å². The molecular weight excluding hydrogens is 350 g/mol. The van der Waals surface area contributed by atoms with Crippen molar-refractivity contribution in [3.8, 4) is 5.69 Å². The Balaban J connectivity index is 1.42. The van der Waals surface area contributed by atoms with Crippen molar-refractivity contribution in [2.45, 2.75) is 33.1 Å². The van der Waals surface area contributed by atoms with E-state index in [9.17, 15) is 9.59 Å². The molecule has 0 aliphatic heterocycles. The Hall–Kier alpha value is -3.21. The Kier molecular flexibility index (Phi) is 6.37. The lowest BCUT2D eigenvalue weighted by molar-refractivity contribution is -0.121. The van der Waals surface area contributed by atoms with E-state index < -0.39 is 0 Å². The molecule has 0 fully saturated rings. The highest BCUT2D eigenvalue weighted by atomic mass is 16.2. The van der Waals surface area contributed by atoms with Crippen LogP contribution < -0.4 is 5.32 Å². The van der Waals surface area contributed by atoms with Crippen LogP contribution in [0.3, 0.4) is 0 Å². The van der Waals surface area contributed by atoms with Gasteiger partial charge in [0.2, 0.25) is 5.91 Å². The second kappa shape index (κ2) is 9.13. The number of benzene rings is 2. The van der Waals surface area contributed by atoms with E-state index in [0.717, 1.165) is 22.4 Å². The maximum atomic E-state index is 12.3. The van der Waals surface area contributed by atoms with Crippen LogP contribution in [0.5, 0.6) is 0 Å². The second-order valence-corrected chi connectivity index (χ2v) is 6.95. The lowest BCUT2D eigenvalue weighted by Crippen LogP contribution is -2.26. The molecule has 0 unspecified atom stereocenters. The monoisotopic (exact) mass is 375 g/mol. The molecule has 5 nitrogen and oxygen atoms in total. The molecule has 0 spiro atoms. The number of rotatable bonds is 8. The number of para-hydroxylation sites is 1. The van der Waals surface area contributed by atoms with Crippen molar-refractivity contribution in [1.82, 2.24) is 15.1 Å². The average molecular weight is 375 g/mol. The van der Waals surface area contributed by atoms with Crippen LogP contribution >= 0.6 is 0 Å². The molecule has 0 aliphatic carbocycles. The zero-order valence-electron chi connectivity index (χ0n) is 16.3. The van der Waals surface area contributed by atoms with Gasteiger partial charge in [0.1, 0.15) is 0 Å². The van der Waals surface area contributed by atoms with Crippen molar-refractivity contribution in [3.05, 3.63) is 83.2 Å². The number of amides is 1. The minimum Gasteiger partial charge on any atom is -0.356 e. The normalized spacial score (nSPS) is 10.6. The topological polar surface area (TPSA) is 64.0 Å². The third-order valence-corrected chi connectivity index (χ3v) is 4.80. The summed E-state index contributed by atoms with van der Waals surface area (Å²) in [5.41, 5.74) is 4.97. The number of nitrogens with zero attached hydrogens (tertiary/aromatic N) is 2. The Bertz CT molecular complexity index is 961. The first kappa shape index (κ1) is 19.5. The van der Waals surface area contributed by atoms with E-state index >= 15 is 0 Å². The van der Waals surface area contributed by atoms with Gasteiger partial charge in [0.15, 0.2) is 5.78 Å². The van der Waals surface area contributed by atoms with Gasteiger partial charge in [-0.25, -0.2) is 4.68 Å². The Morgan fingerprint density at radius 2 is 1.79 bits per heavy atom. The van der Waals surface area contributed by atoms with Gasteiger partial charge in [0, 0.05) is 31.1 Å². The molecule has 1 heterocycles. The molecule has 28 heavy (non-hydrogen) atoms. The zero-order valence-corrected chi connectivity index (χ0v) is 16.3. The number of ketones is 1. The highest BCUT2D eigenvalue weighted by Gasteiger charge is 2.10. The fourth-order valence-corrected chi connectivity index (χ4v) is 2.93. The molecular formula is C23H25N3O2. The van der Waals surface area contributed by atoms with Crippen molar-refractivity contribution < 1.29 is 9.59 Å². The van der Waals surface area contributed by atoms with E-state index in [-0.39, 0.29) is 24.5 Å². The summed E-state index contributed by atoms with van der Waals surface area (Å²) in [6, 6.07) is 15.5. The maximum absolute atomic E-state index is 12.3. The fraction of sp³-hybridized carbons (Fsp3) is 0.261. The van der Waals surface area contributed by atoms with Gasteiger partial charge in [-0.2, -0.15) is 5.10 Å². The summed E-state index contributed by atoms with van der Waals surface area (Å²) >= 11 is 0. The molecule has 1 amide bonds. The molecule has 0 bridgehead atoms. The van der Waals surface area contributed by atoms with Crippen molar-refractivity contribution in [2.75, 3.05) is 6.54 Å². The van der Waals surface area contributed by atoms with Gasteiger partial charge in [0.05, 0.1) is 11.9 Å². The van der Waals surface area contributed by atoms with Crippen LogP contribution in [-0.2, 0) is 11.2 Å². The molecule has 3 aromatic rings. The first-order chi connectivity index (χ1) is 13.5. The van der Waals surface area contributed by atoms with Gasteiger partial charge in [-0.05, 0) is 55.2 Å². The first-order valence-corrected chi connectivity index (χ1v) is 9.49. The lowest BCUT2D eigenvalue weighted by Gasteiger charge is -2.06. The number of nitrogens with one attached hydrogen (secondary N) is 1. The van der Waals surface area contributed by atoms with Crippen molar-refractivity contribution in [3.63, 3.8) is 0 Å². The molecule has 1 N–H and O–H groups in total. The van der Waals surface area contributed by atoms with Crippen LogP contribution in [0.25, 0.3) is 5.69 Å². The van der Waals surface area contributed by atoms with Gasteiger partial charge < -0.3 is 5.32 Å². The van der Waals surface area contributed by atoms with Gasteiger partial charge >= 0.3 is 0 Å². The minimum absolute atomic E-state index is 0.00221. The summed E-state index contributed by atoms with van der Waals surface area (Å²) in [5.74, 6) is -0.102. The van der Waals surface area contributed by atoms with E-state index in [1.807, 2.05) is 79.5 Å². The molecule has 0 saturated heterocycles. The van der Waals surface area contributed by atoms with Crippen molar-refractivity contribution in [2.24, 2.45) is 0 Å². The van der Waals surface area contributed by atoms with Crippen LogP contribution in [0.2, 0.25) is 0 Å². The summed E-state index contributed by atoms with van der Waals surface area (Å²) in [6.45, 7) is 4.52. The zero-order chi connectivity index (χ0) is 19.9. The molecule has 0 saturated carbocycles. The number of carbonyl (C=O) groups excluding carboxylic acids is 2. The third kappa shape index (κ3) is 5.16.